The van der Waals surface area contributed by atoms with Crippen molar-refractivity contribution in [2.24, 2.45) is 0 Å². The van der Waals surface area contributed by atoms with Gasteiger partial charge in [0, 0.05) is 17.8 Å². The van der Waals surface area contributed by atoms with Crippen molar-refractivity contribution in [2.75, 3.05) is 0 Å². The zero-order valence-corrected chi connectivity index (χ0v) is 8.43. The average molecular weight is 199 g/mol. The summed E-state index contributed by atoms with van der Waals surface area (Å²) in [4.78, 5) is 4.06. The van der Waals surface area contributed by atoms with Crippen molar-refractivity contribution in [3.63, 3.8) is 0 Å². The normalized spacial score (nSPS) is 12.6. The standard InChI is InChI=1S/C13H13NO/c1-2-4-13(15)12-6-3-5-10-9-14-8-7-11(10)12/h2-3,5-9,13,15H,1,4H2. The molecule has 0 radical (unpaired) electrons. The molecule has 1 unspecified atom stereocenters. The van der Waals surface area contributed by atoms with Gasteiger partial charge in [-0.25, -0.2) is 0 Å². The Bertz CT molecular complexity index is 473. The van der Waals surface area contributed by atoms with Gasteiger partial charge in [0.15, 0.2) is 0 Å². The molecule has 2 nitrogen and oxygen atoms in total. The van der Waals surface area contributed by atoms with Gasteiger partial charge in [-0.1, -0.05) is 24.3 Å². The van der Waals surface area contributed by atoms with E-state index in [4.69, 9.17) is 0 Å². The Labute approximate surface area is 88.9 Å². The first-order valence-corrected chi connectivity index (χ1v) is 4.94. The van der Waals surface area contributed by atoms with Crippen LogP contribution >= 0.6 is 0 Å². The van der Waals surface area contributed by atoms with Gasteiger partial charge in [0.25, 0.3) is 0 Å². The molecule has 0 bridgehead atoms. The second kappa shape index (κ2) is 4.24. The van der Waals surface area contributed by atoms with E-state index in [0.29, 0.717) is 6.42 Å². The molecule has 0 fully saturated rings. The highest BCUT2D eigenvalue weighted by Crippen LogP contribution is 2.25. The van der Waals surface area contributed by atoms with Crippen molar-refractivity contribution in [1.82, 2.24) is 4.98 Å². The van der Waals surface area contributed by atoms with Gasteiger partial charge in [-0.05, 0) is 23.4 Å². The van der Waals surface area contributed by atoms with Crippen molar-refractivity contribution in [3.8, 4) is 0 Å². The fourth-order valence-electron chi connectivity index (χ4n) is 1.72. The van der Waals surface area contributed by atoms with Gasteiger partial charge in [-0.3, -0.25) is 4.98 Å². The van der Waals surface area contributed by atoms with E-state index in [-0.39, 0.29) is 0 Å². The molecule has 2 heteroatoms. The van der Waals surface area contributed by atoms with Crippen LogP contribution in [0.5, 0.6) is 0 Å². The lowest BCUT2D eigenvalue weighted by molar-refractivity contribution is 0.183. The highest BCUT2D eigenvalue weighted by atomic mass is 16.3. The summed E-state index contributed by atoms with van der Waals surface area (Å²) in [5.74, 6) is 0. The van der Waals surface area contributed by atoms with Gasteiger partial charge >= 0.3 is 0 Å². The Hall–Kier alpha value is -1.67. The van der Waals surface area contributed by atoms with Crippen LogP contribution in [0.4, 0.5) is 0 Å². The number of benzene rings is 1. The molecule has 0 saturated heterocycles. The topological polar surface area (TPSA) is 33.1 Å². The molecular formula is C13H13NO. The van der Waals surface area contributed by atoms with E-state index in [1.54, 1.807) is 18.5 Å². The maximum atomic E-state index is 9.93. The van der Waals surface area contributed by atoms with Crippen molar-refractivity contribution >= 4 is 10.8 Å². The molecule has 1 heterocycles. The molecule has 1 aromatic carbocycles. The van der Waals surface area contributed by atoms with Crippen LogP contribution in [-0.2, 0) is 0 Å². The average Bonchev–Trinajstić information content (AvgIpc) is 2.28. The van der Waals surface area contributed by atoms with Gasteiger partial charge in [0.1, 0.15) is 0 Å². The second-order valence-corrected chi connectivity index (χ2v) is 3.48. The largest absolute Gasteiger partial charge is 0.388 e. The van der Waals surface area contributed by atoms with Crippen LogP contribution in [-0.4, -0.2) is 10.1 Å². The summed E-state index contributed by atoms with van der Waals surface area (Å²) in [5, 5.41) is 12.0. The fraction of sp³-hybridized carbons (Fsp3) is 0.154. The Kier molecular flexibility index (Phi) is 2.79. The summed E-state index contributed by atoms with van der Waals surface area (Å²) >= 11 is 0. The lowest BCUT2D eigenvalue weighted by Crippen LogP contribution is -1.96. The van der Waals surface area contributed by atoms with Crippen LogP contribution in [0.25, 0.3) is 10.8 Å². The third-order valence-electron chi connectivity index (χ3n) is 2.46. The highest BCUT2D eigenvalue weighted by Gasteiger charge is 2.08. The number of aliphatic hydroxyl groups excluding tert-OH is 1. The zero-order chi connectivity index (χ0) is 10.7. The number of aliphatic hydroxyl groups is 1. The minimum absolute atomic E-state index is 0.478. The number of aromatic nitrogens is 1. The predicted molar refractivity (Wildman–Crippen MR) is 61.5 cm³/mol. The van der Waals surface area contributed by atoms with Gasteiger partial charge in [0.2, 0.25) is 0 Å². The monoisotopic (exact) mass is 199 g/mol. The molecular weight excluding hydrogens is 186 g/mol. The van der Waals surface area contributed by atoms with Gasteiger partial charge in [-0.15, -0.1) is 6.58 Å². The second-order valence-electron chi connectivity index (χ2n) is 3.48. The van der Waals surface area contributed by atoms with E-state index in [2.05, 4.69) is 11.6 Å². The number of rotatable bonds is 3. The lowest BCUT2D eigenvalue weighted by atomic mass is 10.0. The number of fused-ring (bicyclic) bond motifs is 1. The third-order valence-corrected chi connectivity index (χ3v) is 2.46. The molecule has 76 valence electrons. The maximum Gasteiger partial charge on any atom is 0.0830 e. The smallest absolute Gasteiger partial charge is 0.0830 e. The number of hydrogen-bond donors (Lipinski definition) is 1. The molecule has 15 heavy (non-hydrogen) atoms. The molecule has 2 rings (SSSR count). The van der Waals surface area contributed by atoms with E-state index in [1.807, 2.05) is 24.3 Å². The van der Waals surface area contributed by atoms with Gasteiger partial charge in [0.05, 0.1) is 6.10 Å². The summed E-state index contributed by atoms with van der Waals surface area (Å²) in [6.45, 7) is 3.63. The summed E-state index contributed by atoms with van der Waals surface area (Å²) < 4.78 is 0. The summed E-state index contributed by atoms with van der Waals surface area (Å²) in [5.41, 5.74) is 0.940. The van der Waals surface area contributed by atoms with Crippen LogP contribution in [0.1, 0.15) is 18.1 Å². The van der Waals surface area contributed by atoms with Crippen molar-refractivity contribution in [2.45, 2.75) is 12.5 Å². The predicted octanol–water partition coefficient (Wildman–Crippen LogP) is 2.84. The quantitative estimate of drug-likeness (QED) is 0.771. The van der Waals surface area contributed by atoms with Crippen LogP contribution in [0.15, 0.2) is 49.3 Å². The van der Waals surface area contributed by atoms with Crippen LogP contribution in [0.3, 0.4) is 0 Å². The molecule has 2 aromatic rings. The van der Waals surface area contributed by atoms with E-state index in [9.17, 15) is 5.11 Å². The summed E-state index contributed by atoms with van der Waals surface area (Å²) in [6, 6.07) is 7.80. The van der Waals surface area contributed by atoms with Crippen LogP contribution < -0.4 is 0 Å². The Morgan fingerprint density at radius 1 is 1.40 bits per heavy atom. The van der Waals surface area contributed by atoms with E-state index in [0.717, 1.165) is 16.3 Å². The Morgan fingerprint density at radius 2 is 2.27 bits per heavy atom. The first kappa shape index (κ1) is 9.87. The van der Waals surface area contributed by atoms with E-state index < -0.39 is 6.10 Å². The minimum Gasteiger partial charge on any atom is -0.388 e. The molecule has 0 saturated carbocycles. The molecule has 0 aliphatic carbocycles. The highest BCUT2D eigenvalue weighted by molar-refractivity contribution is 5.85. The molecule has 0 aliphatic heterocycles. The van der Waals surface area contributed by atoms with Crippen LogP contribution in [0, 0.1) is 0 Å². The van der Waals surface area contributed by atoms with Crippen molar-refractivity contribution in [3.05, 3.63) is 54.9 Å². The first-order chi connectivity index (χ1) is 7.33. The summed E-state index contributed by atoms with van der Waals surface area (Å²) in [7, 11) is 0. The third kappa shape index (κ3) is 1.90. The minimum atomic E-state index is -0.478. The van der Waals surface area contributed by atoms with Gasteiger partial charge in [-0.2, -0.15) is 0 Å². The lowest BCUT2D eigenvalue weighted by Gasteiger charge is -2.11. The van der Waals surface area contributed by atoms with E-state index >= 15 is 0 Å². The van der Waals surface area contributed by atoms with E-state index in [1.165, 1.54) is 0 Å². The Morgan fingerprint density at radius 3 is 3.07 bits per heavy atom. The molecule has 0 aliphatic rings. The van der Waals surface area contributed by atoms with Crippen molar-refractivity contribution in [1.29, 1.82) is 0 Å². The zero-order valence-electron chi connectivity index (χ0n) is 8.43. The number of nitrogens with zero attached hydrogens (tertiary/aromatic N) is 1. The Balaban J connectivity index is 2.55. The molecule has 1 N–H and O–H groups in total. The first-order valence-electron chi connectivity index (χ1n) is 4.94. The fourth-order valence-corrected chi connectivity index (χ4v) is 1.72. The molecule has 0 amide bonds. The maximum absolute atomic E-state index is 9.93. The van der Waals surface area contributed by atoms with Crippen molar-refractivity contribution < 1.29 is 5.11 Å². The summed E-state index contributed by atoms with van der Waals surface area (Å²) in [6.07, 6.45) is 5.37. The number of pyridine rings is 1. The SMILES string of the molecule is C=CCC(O)c1cccc2cnccc12. The molecule has 0 spiro atoms. The number of hydrogen-bond acceptors (Lipinski definition) is 2. The van der Waals surface area contributed by atoms with Gasteiger partial charge < -0.3 is 5.11 Å². The van der Waals surface area contributed by atoms with Crippen LogP contribution in [0.2, 0.25) is 0 Å². The molecule has 1 atom stereocenters. The molecule has 1 aromatic heterocycles.